The maximum absolute atomic E-state index is 4.49. The van der Waals surface area contributed by atoms with Gasteiger partial charge in [0.2, 0.25) is 0 Å². The minimum atomic E-state index is 0.241. The van der Waals surface area contributed by atoms with Gasteiger partial charge in [-0.3, -0.25) is 0 Å². The van der Waals surface area contributed by atoms with E-state index in [1.54, 1.807) is 0 Å². The van der Waals surface area contributed by atoms with Crippen molar-refractivity contribution in [2.45, 2.75) is 64.5 Å². The van der Waals surface area contributed by atoms with Gasteiger partial charge in [0.15, 0.2) is 5.82 Å². The van der Waals surface area contributed by atoms with E-state index in [9.17, 15) is 0 Å². The fourth-order valence-corrected chi connectivity index (χ4v) is 4.43. The zero-order chi connectivity index (χ0) is 16.5. The van der Waals surface area contributed by atoms with E-state index in [4.69, 9.17) is 0 Å². The van der Waals surface area contributed by atoms with E-state index in [0.29, 0.717) is 12.0 Å². The van der Waals surface area contributed by atoms with Crippen molar-refractivity contribution in [2.75, 3.05) is 11.4 Å². The maximum atomic E-state index is 4.49. The predicted molar refractivity (Wildman–Crippen MR) is 95.0 cm³/mol. The molecule has 5 nitrogen and oxygen atoms in total. The molecule has 24 heavy (non-hydrogen) atoms. The molecule has 0 bridgehead atoms. The summed E-state index contributed by atoms with van der Waals surface area (Å²) in [4.78, 5) is 2.52. The number of tetrazole rings is 1. The molecule has 0 amide bonds. The lowest BCUT2D eigenvalue weighted by Gasteiger charge is -2.34. The van der Waals surface area contributed by atoms with Crippen LogP contribution in [0.2, 0.25) is 0 Å². The Morgan fingerprint density at radius 1 is 1.08 bits per heavy atom. The van der Waals surface area contributed by atoms with Gasteiger partial charge in [0.1, 0.15) is 0 Å². The first-order chi connectivity index (χ1) is 11.8. The van der Waals surface area contributed by atoms with E-state index in [0.717, 1.165) is 18.8 Å². The molecule has 128 valence electrons. The minimum Gasteiger partial charge on any atom is -0.360 e. The number of nitrogens with zero attached hydrogens (tertiary/aromatic N) is 5. The average Bonchev–Trinajstić information content (AvgIpc) is 3.24. The Morgan fingerprint density at radius 3 is 2.67 bits per heavy atom. The smallest absolute Gasteiger partial charge is 0.174 e. The van der Waals surface area contributed by atoms with E-state index in [-0.39, 0.29) is 6.04 Å². The quantitative estimate of drug-likeness (QED) is 0.854. The van der Waals surface area contributed by atoms with Gasteiger partial charge in [-0.25, -0.2) is 4.68 Å². The summed E-state index contributed by atoms with van der Waals surface area (Å²) in [6, 6.07) is 9.48. The van der Waals surface area contributed by atoms with Crippen LogP contribution in [0.5, 0.6) is 0 Å². The number of aromatic nitrogens is 4. The Hall–Kier alpha value is -1.91. The van der Waals surface area contributed by atoms with Gasteiger partial charge in [-0.2, -0.15) is 0 Å². The van der Waals surface area contributed by atoms with Crippen LogP contribution in [0, 0.1) is 5.92 Å². The second-order valence-electron chi connectivity index (χ2n) is 7.53. The molecule has 2 aromatic rings. The third-order valence-electron chi connectivity index (χ3n) is 5.59. The van der Waals surface area contributed by atoms with Gasteiger partial charge >= 0.3 is 0 Å². The molecule has 1 aliphatic heterocycles. The van der Waals surface area contributed by atoms with Gasteiger partial charge in [-0.05, 0) is 47.2 Å². The molecule has 2 aliphatic rings. The highest BCUT2D eigenvalue weighted by molar-refractivity contribution is 5.59. The standard InChI is InChI=1S/C19H27N5/c1-14(2)18(23-13-12-15-8-6-7-11-17(15)23)19-20-21-22-24(19)16-9-4-3-5-10-16/h6-8,11,14,16,18H,3-5,9-10,12-13H2,1-2H3/t18-/m1/s1. The number of hydrogen-bond donors (Lipinski definition) is 0. The van der Waals surface area contributed by atoms with Crippen LogP contribution in [0.25, 0.3) is 0 Å². The number of hydrogen-bond acceptors (Lipinski definition) is 4. The molecular formula is C19H27N5. The second kappa shape index (κ2) is 6.54. The monoisotopic (exact) mass is 325 g/mol. The van der Waals surface area contributed by atoms with Crippen molar-refractivity contribution < 1.29 is 0 Å². The SMILES string of the molecule is CC(C)[C@H](c1nnnn1C1CCCCC1)N1CCc2ccccc21. The van der Waals surface area contributed by atoms with Crippen molar-refractivity contribution in [2.24, 2.45) is 5.92 Å². The van der Waals surface area contributed by atoms with Crippen LogP contribution in [0.1, 0.15) is 69.4 Å². The molecule has 1 aliphatic carbocycles. The van der Waals surface area contributed by atoms with Crippen molar-refractivity contribution in [3.63, 3.8) is 0 Å². The number of para-hydroxylation sites is 1. The molecule has 0 saturated heterocycles. The molecule has 0 spiro atoms. The van der Waals surface area contributed by atoms with E-state index in [2.05, 4.69) is 63.2 Å². The molecule has 1 atom stereocenters. The molecule has 2 heterocycles. The van der Waals surface area contributed by atoms with Gasteiger partial charge in [-0.15, -0.1) is 5.10 Å². The molecule has 1 aromatic carbocycles. The first-order valence-electron chi connectivity index (χ1n) is 9.38. The van der Waals surface area contributed by atoms with E-state index in [1.807, 2.05) is 0 Å². The van der Waals surface area contributed by atoms with E-state index >= 15 is 0 Å². The van der Waals surface area contributed by atoms with Crippen molar-refractivity contribution in [1.29, 1.82) is 0 Å². The maximum Gasteiger partial charge on any atom is 0.174 e. The van der Waals surface area contributed by atoms with Crippen molar-refractivity contribution in [1.82, 2.24) is 20.2 Å². The van der Waals surface area contributed by atoms with Crippen LogP contribution in [-0.4, -0.2) is 26.8 Å². The van der Waals surface area contributed by atoms with Crippen LogP contribution in [0.3, 0.4) is 0 Å². The fraction of sp³-hybridized carbons (Fsp3) is 0.632. The Morgan fingerprint density at radius 2 is 1.88 bits per heavy atom. The molecule has 0 unspecified atom stereocenters. The first-order valence-corrected chi connectivity index (χ1v) is 9.38. The van der Waals surface area contributed by atoms with E-state index in [1.165, 1.54) is 43.4 Å². The molecule has 5 heteroatoms. The molecule has 0 N–H and O–H groups in total. The van der Waals surface area contributed by atoms with Crippen molar-refractivity contribution >= 4 is 5.69 Å². The van der Waals surface area contributed by atoms with Crippen LogP contribution in [0.4, 0.5) is 5.69 Å². The number of rotatable bonds is 4. The summed E-state index contributed by atoms with van der Waals surface area (Å²) in [6.07, 6.45) is 7.47. The highest BCUT2D eigenvalue weighted by Crippen LogP contribution is 2.39. The summed E-state index contributed by atoms with van der Waals surface area (Å²) in [7, 11) is 0. The first kappa shape index (κ1) is 15.6. The van der Waals surface area contributed by atoms with Crippen LogP contribution >= 0.6 is 0 Å². The minimum absolute atomic E-state index is 0.241. The van der Waals surface area contributed by atoms with Crippen molar-refractivity contribution in [3.8, 4) is 0 Å². The molecular weight excluding hydrogens is 298 g/mol. The Bertz CT molecular complexity index is 687. The third-order valence-corrected chi connectivity index (χ3v) is 5.59. The van der Waals surface area contributed by atoms with Crippen LogP contribution < -0.4 is 4.90 Å². The van der Waals surface area contributed by atoms with Gasteiger partial charge in [-0.1, -0.05) is 51.3 Å². The summed E-state index contributed by atoms with van der Waals surface area (Å²) in [5.74, 6) is 1.51. The molecule has 1 fully saturated rings. The zero-order valence-corrected chi connectivity index (χ0v) is 14.7. The van der Waals surface area contributed by atoms with Crippen LogP contribution in [0.15, 0.2) is 24.3 Å². The molecule has 4 rings (SSSR count). The summed E-state index contributed by atoms with van der Waals surface area (Å²) in [5, 5.41) is 13.0. The second-order valence-corrected chi connectivity index (χ2v) is 7.53. The molecule has 0 radical (unpaired) electrons. The third kappa shape index (κ3) is 2.70. The topological polar surface area (TPSA) is 46.8 Å². The van der Waals surface area contributed by atoms with E-state index < -0.39 is 0 Å². The average molecular weight is 325 g/mol. The molecule has 1 aromatic heterocycles. The summed E-state index contributed by atoms with van der Waals surface area (Å²) < 4.78 is 2.14. The summed E-state index contributed by atoms with van der Waals surface area (Å²) in [6.45, 7) is 5.62. The van der Waals surface area contributed by atoms with Crippen molar-refractivity contribution in [3.05, 3.63) is 35.7 Å². The number of fused-ring (bicyclic) bond motifs is 1. The highest BCUT2D eigenvalue weighted by atomic mass is 15.6. The largest absolute Gasteiger partial charge is 0.360 e. The number of benzene rings is 1. The highest BCUT2D eigenvalue weighted by Gasteiger charge is 2.34. The lowest BCUT2D eigenvalue weighted by atomic mass is 9.94. The Labute approximate surface area is 144 Å². The van der Waals surface area contributed by atoms with Gasteiger partial charge in [0, 0.05) is 12.2 Å². The lowest BCUT2D eigenvalue weighted by molar-refractivity contribution is 0.302. The number of anilines is 1. The van der Waals surface area contributed by atoms with Crippen LogP contribution in [-0.2, 0) is 6.42 Å². The Balaban J connectivity index is 1.69. The van der Waals surface area contributed by atoms with Gasteiger partial charge < -0.3 is 4.90 Å². The summed E-state index contributed by atoms with van der Waals surface area (Å²) in [5.41, 5.74) is 2.80. The van der Waals surface area contributed by atoms with Gasteiger partial charge in [0.05, 0.1) is 12.1 Å². The Kier molecular flexibility index (Phi) is 4.25. The fourth-order valence-electron chi connectivity index (χ4n) is 4.43. The zero-order valence-electron chi connectivity index (χ0n) is 14.7. The predicted octanol–water partition coefficient (Wildman–Crippen LogP) is 3.94. The van der Waals surface area contributed by atoms with Gasteiger partial charge in [0.25, 0.3) is 0 Å². The molecule has 1 saturated carbocycles. The normalized spacial score (nSPS) is 19.7. The lowest BCUT2D eigenvalue weighted by Crippen LogP contribution is -2.34. The summed E-state index contributed by atoms with van der Waals surface area (Å²) >= 11 is 0.